The Hall–Kier alpha value is -2.75. The Morgan fingerprint density at radius 2 is 1.71 bits per heavy atom. The molecule has 21 heavy (non-hydrogen) atoms. The highest BCUT2D eigenvalue weighted by Gasteiger charge is 2.11. The average molecular weight is 280 g/mol. The summed E-state index contributed by atoms with van der Waals surface area (Å²) in [5.41, 5.74) is 9.58. The van der Waals surface area contributed by atoms with E-state index in [4.69, 9.17) is 15.2 Å². The quantitative estimate of drug-likeness (QED) is 0.746. The van der Waals surface area contributed by atoms with E-state index in [1.165, 1.54) is 0 Å². The molecule has 0 unspecified atom stereocenters. The van der Waals surface area contributed by atoms with E-state index >= 15 is 0 Å². The second-order valence-electron chi connectivity index (χ2n) is 4.71. The fourth-order valence-corrected chi connectivity index (χ4v) is 2.43. The van der Waals surface area contributed by atoms with Crippen LogP contribution in [0.3, 0.4) is 0 Å². The highest BCUT2D eigenvalue weighted by molar-refractivity contribution is 5.96. The molecule has 0 saturated heterocycles. The molecule has 0 aliphatic carbocycles. The van der Waals surface area contributed by atoms with Crippen LogP contribution in [0.15, 0.2) is 48.7 Å². The van der Waals surface area contributed by atoms with Crippen molar-refractivity contribution in [2.75, 3.05) is 20.0 Å². The molecule has 4 heteroatoms. The van der Waals surface area contributed by atoms with E-state index in [2.05, 4.69) is 4.98 Å². The zero-order valence-electron chi connectivity index (χ0n) is 12.0. The third kappa shape index (κ3) is 2.36. The minimum Gasteiger partial charge on any atom is -0.493 e. The minimum atomic E-state index is 0.669. The van der Waals surface area contributed by atoms with Crippen molar-refractivity contribution in [2.45, 2.75) is 0 Å². The van der Waals surface area contributed by atoms with Crippen LogP contribution < -0.4 is 15.2 Å². The Balaban J connectivity index is 2.28. The number of hydrogen-bond acceptors (Lipinski definition) is 4. The Bertz CT molecular complexity index is 800. The number of methoxy groups -OCH3 is 2. The summed E-state index contributed by atoms with van der Waals surface area (Å²) >= 11 is 0. The number of nitrogens with two attached hydrogens (primary N) is 1. The number of hydrogen-bond donors (Lipinski definition) is 1. The van der Waals surface area contributed by atoms with E-state index in [0.29, 0.717) is 11.5 Å². The largest absolute Gasteiger partial charge is 0.493 e. The summed E-state index contributed by atoms with van der Waals surface area (Å²) in [6, 6.07) is 13.6. The van der Waals surface area contributed by atoms with Gasteiger partial charge >= 0.3 is 0 Å². The van der Waals surface area contributed by atoms with E-state index in [1.807, 2.05) is 42.5 Å². The molecule has 0 amide bonds. The number of nitrogen functional groups attached to an aromatic ring is 1. The molecule has 0 bridgehead atoms. The van der Waals surface area contributed by atoms with Crippen LogP contribution in [0.4, 0.5) is 5.69 Å². The normalized spacial score (nSPS) is 10.6. The molecule has 3 rings (SSSR count). The second kappa shape index (κ2) is 5.32. The van der Waals surface area contributed by atoms with Crippen LogP contribution in [0.1, 0.15) is 0 Å². The van der Waals surface area contributed by atoms with Gasteiger partial charge in [-0.15, -0.1) is 0 Å². The molecule has 0 fully saturated rings. The number of rotatable bonds is 3. The summed E-state index contributed by atoms with van der Waals surface area (Å²) in [6.07, 6.45) is 1.78. The lowest BCUT2D eigenvalue weighted by Gasteiger charge is -2.12. The van der Waals surface area contributed by atoms with Gasteiger partial charge in [-0.05, 0) is 35.4 Å². The second-order valence-corrected chi connectivity index (χ2v) is 4.71. The fraction of sp³-hybridized carbons (Fsp3) is 0.118. The molecular formula is C17H16N2O2. The van der Waals surface area contributed by atoms with Gasteiger partial charge in [-0.1, -0.05) is 12.1 Å². The van der Waals surface area contributed by atoms with Crippen molar-refractivity contribution < 1.29 is 9.47 Å². The van der Waals surface area contributed by atoms with E-state index in [1.54, 1.807) is 20.4 Å². The first kappa shape index (κ1) is 13.2. The molecule has 1 aromatic heterocycles. The first-order chi connectivity index (χ1) is 10.2. The summed E-state index contributed by atoms with van der Waals surface area (Å²) in [5.74, 6) is 1.35. The van der Waals surface area contributed by atoms with Gasteiger partial charge in [-0.2, -0.15) is 0 Å². The van der Waals surface area contributed by atoms with E-state index in [9.17, 15) is 0 Å². The summed E-state index contributed by atoms with van der Waals surface area (Å²) in [6.45, 7) is 0. The maximum atomic E-state index is 5.88. The molecule has 3 aromatic rings. The third-order valence-corrected chi connectivity index (χ3v) is 3.44. The van der Waals surface area contributed by atoms with Gasteiger partial charge in [0.1, 0.15) is 0 Å². The number of fused-ring (bicyclic) bond motifs is 1. The number of nitrogens with zero attached hydrogens (tertiary/aromatic N) is 1. The smallest absolute Gasteiger partial charge is 0.162 e. The van der Waals surface area contributed by atoms with Crippen molar-refractivity contribution in [3.05, 3.63) is 48.7 Å². The van der Waals surface area contributed by atoms with Gasteiger partial charge in [0.2, 0.25) is 0 Å². The molecule has 0 saturated carbocycles. The number of ether oxygens (including phenoxy) is 2. The fourth-order valence-electron chi connectivity index (χ4n) is 2.43. The van der Waals surface area contributed by atoms with Gasteiger partial charge in [0.05, 0.1) is 19.7 Å². The predicted molar refractivity (Wildman–Crippen MR) is 84.7 cm³/mol. The lowest BCUT2D eigenvalue weighted by atomic mass is 10.0. The number of benzene rings is 2. The minimum absolute atomic E-state index is 0.669. The van der Waals surface area contributed by atoms with Gasteiger partial charge in [0, 0.05) is 23.3 Å². The third-order valence-electron chi connectivity index (χ3n) is 3.44. The molecule has 4 nitrogen and oxygen atoms in total. The first-order valence-corrected chi connectivity index (χ1v) is 6.59. The van der Waals surface area contributed by atoms with Crippen LogP contribution in [0, 0.1) is 0 Å². The zero-order chi connectivity index (χ0) is 14.8. The Kier molecular flexibility index (Phi) is 3.36. The number of pyridine rings is 1. The van der Waals surface area contributed by atoms with Crippen molar-refractivity contribution in [2.24, 2.45) is 0 Å². The predicted octanol–water partition coefficient (Wildman–Crippen LogP) is 3.50. The molecular weight excluding hydrogens is 264 g/mol. The topological polar surface area (TPSA) is 57.4 Å². The Labute approximate surface area is 123 Å². The summed E-state index contributed by atoms with van der Waals surface area (Å²) in [5, 5.41) is 1.00. The van der Waals surface area contributed by atoms with Crippen LogP contribution in [0.5, 0.6) is 11.5 Å². The van der Waals surface area contributed by atoms with Crippen molar-refractivity contribution in [1.29, 1.82) is 0 Å². The van der Waals surface area contributed by atoms with Gasteiger partial charge in [0.25, 0.3) is 0 Å². The van der Waals surface area contributed by atoms with Crippen LogP contribution in [-0.2, 0) is 0 Å². The van der Waals surface area contributed by atoms with Gasteiger partial charge in [-0.25, -0.2) is 0 Å². The summed E-state index contributed by atoms with van der Waals surface area (Å²) in [7, 11) is 3.24. The molecule has 106 valence electrons. The molecule has 2 N–H and O–H groups in total. The van der Waals surface area contributed by atoms with Gasteiger partial charge in [-0.3, -0.25) is 4.98 Å². The van der Waals surface area contributed by atoms with Crippen LogP contribution in [-0.4, -0.2) is 19.2 Å². The van der Waals surface area contributed by atoms with E-state index < -0.39 is 0 Å². The molecule has 0 aliphatic heterocycles. The van der Waals surface area contributed by atoms with E-state index in [-0.39, 0.29) is 0 Å². The van der Waals surface area contributed by atoms with Gasteiger partial charge in [0.15, 0.2) is 11.5 Å². The SMILES string of the molecule is COc1cc2nccc(-c3cccc(N)c3)c2cc1OC. The van der Waals surface area contributed by atoms with Gasteiger partial charge < -0.3 is 15.2 Å². The van der Waals surface area contributed by atoms with Crippen LogP contribution in [0.2, 0.25) is 0 Å². The van der Waals surface area contributed by atoms with Crippen molar-refractivity contribution in [3.63, 3.8) is 0 Å². The lowest BCUT2D eigenvalue weighted by molar-refractivity contribution is 0.356. The molecule has 0 spiro atoms. The molecule has 0 aliphatic rings. The zero-order valence-corrected chi connectivity index (χ0v) is 12.0. The lowest BCUT2D eigenvalue weighted by Crippen LogP contribution is -1.93. The van der Waals surface area contributed by atoms with E-state index in [0.717, 1.165) is 27.7 Å². The van der Waals surface area contributed by atoms with Crippen molar-refractivity contribution in [3.8, 4) is 22.6 Å². The van der Waals surface area contributed by atoms with Crippen LogP contribution in [0.25, 0.3) is 22.0 Å². The molecule has 0 atom stereocenters. The molecule has 1 heterocycles. The van der Waals surface area contributed by atoms with Crippen LogP contribution >= 0.6 is 0 Å². The average Bonchev–Trinajstić information content (AvgIpc) is 2.52. The summed E-state index contributed by atoms with van der Waals surface area (Å²) < 4.78 is 10.7. The maximum Gasteiger partial charge on any atom is 0.162 e. The van der Waals surface area contributed by atoms with Crippen molar-refractivity contribution >= 4 is 16.6 Å². The Morgan fingerprint density at radius 3 is 2.43 bits per heavy atom. The number of aromatic nitrogens is 1. The monoisotopic (exact) mass is 280 g/mol. The molecule has 2 aromatic carbocycles. The Morgan fingerprint density at radius 1 is 0.952 bits per heavy atom. The first-order valence-electron chi connectivity index (χ1n) is 6.59. The highest BCUT2D eigenvalue weighted by Crippen LogP contribution is 2.36. The molecule has 0 radical (unpaired) electrons. The summed E-state index contributed by atoms with van der Waals surface area (Å²) in [4.78, 5) is 4.41. The highest BCUT2D eigenvalue weighted by atomic mass is 16.5. The number of anilines is 1. The standard InChI is InChI=1S/C17H16N2O2/c1-20-16-9-14-13(11-4-3-5-12(18)8-11)6-7-19-15(14)10-17(16)21-2/h3-10H,18H2,1-2H3. The van der Waals surface area contributed by atoms with Crippen molar-refractivity contribution in [1.82, 2.24) is 4.98 Å². The maximum absolute atomic E-state index is 5.88.